The van der Waals surface area contributed by atoms with Crippen LogP contribution in [-0.2, 0) is 32.1 Å². The van der Waals surface area contributed by atoms with E-state index in [1.54, 1.807) is 26.2 Å². The molecule has 4 aromatic rings. The average molecular weight is 513 g/mol. The van der Waals surface area contributed by atoms with Gasteiger partial charge in [0.2, 0.25) is 0 Å². The van der Waals surface area contributed by atoms with E-state index in [1.165, 1.54) is 0 Å². The first-order valence-corrected chi connectivity index (χ1v) is 12.8. The Morgan fingerprint density at radius 1 is 0.789 bits per heavy atom. The van der Waals surface area contributed by atoms with Crippen LogP contribution in [-0.4, -0.2) is 35.3 Å². The number of carbonyl (C=O) groups is 2. The zero-order valence-corrected chi connectivity index (χ0v) is 21.6. The molecule has 0 radical (unpaired) electrons. The Morgan fingerprint density at radius 2 is 1.47 bits per heavy atom. The SMILES string of the molecule is CCOC(=O)C(C(=O)OCC)C(c1cn[nH]c1)c1cccc(Cc2ccc(OCc3ccccc3)cc2)c1. The summed E-state index contributed by atoms with van der Waals surface area (Å²) in [7, 11) is 0. The van der Waals surface area contributed by atoms with Gasteiger partial charge < -0.3 is 14.2 Å². The molecule has 3 aromatic carbocycles. The number of ether oxygens (including phenoxy) is 3. The molecule has 1 atom stereocenters. The van der Waals surface area contributed by atoms with Gasteiger partial charge in [-0.15, -0.1) is 0 Å². The van der Waals surface area contributed by atoms with Crippen molar-refractivity contribution in [2.24, 2.45) is 5.92 Å². The summed E-state index contributed by atoms with van der Waals surface area (Å²) in [6.07, 6.45) is 3.99. The topological polar surface area (TPSA) is 90.5 Å². The van der Waals surface area contributed by atoms with Gasteiger partial charge in [0.15, 0.2) is 5.92 Å². The molecule has 0 aliphatic heterocycles. The molecule has 1 N–H and O–H groups in total. The fraction of sp³-hybridized carbons (Fsp3) is 0.258. The van der Waals surface area contributed by atoms with Gasteiger partial charge in [0, 0.05) is 12.1 Å². The highest BCUT2D eigenvalue weighted by Crippen LogP contribution is 2.34. The first-order chi connectivity index (χ1) is 18.6. The summed E-state index contributed by atoms with van der Waals surface area (Å²) in [6, 6.07) is 25.9. The van der Waals surface area contributed by atoms with Crippen LogP contribution in [0.4, 0.5) is 0 Å². The summed E-state index contributed by atoms with van der Waals surface area (Å²) >= 11 is 0. The fourth-order valence-corrected chi connectivity index (χ4v) is 4.42. The van der Waals surface area contributed by atoms with Crippen LogP contribution in [0.5, 0.6) is 5.75 Å². The second kappa shape index (κ2) is 13.2. The van der Waals surface area contributed by atoms with E-state index in [4.69, 9.17) is 14.2 Å². The highest BCUT2D eigenvalue weighted by Gasteiger charge is 2.40. The van der Waals surface area contributed by atoms with Crippen molar-refractivity contribution in [1.29, 1.82) is 0 Å². The van der Waals surface area contributed by atoms with Gasteiger partial charge in [0.05, 0.1) is 19.4 Å². The van der Waals surface area contributed by atoms with Crippen molar-refractivity contribution in [2.75, 3.05) is 13.2 Å². The highest BCUT2D eigenvalue weighted by molar-refractivity contribution is 5.96. The number of aromatic amines is 1. The van der Waals surface area contributed by atoms with Gasteiger partial charge in [-0.2, -0.15) is 5.10 Å². The van der Waals surface area contributed by atoms with E-state index in [1.807, 2.05) is 78.9 Å². The number of rotatable bonds is 12. The average Bonchev–Trinajstić information content (AvgIpc) is 3.47. The van der Waals surface area contributed by atoms with Gasteiger partial charge in [-0.3, -0.25) is 14.7 Å². The summed E-state index contributed by atoms with van der Waals surface area (Å²) in [4.78, 5) is 25.9. The van der Waals surface area contributed by atoms with E-state index in [-0.39, 0.29) is 13.2 Å². The maximum absolute atomic E-state index is 13.0. The van der Waals surface area contributed by atoms with Gasteiger partial charge in [-0.1, -0.05) is 66.7 Å². The van der Waals surface area contributed by atoms with Crippen LogP contribution in [0.3, 0.4) is 0 Å². The molecule has 1 unspecified atom stereocenters. The molecule has 0 bridgehead atoms. The van der Waals surface area contributed by atoms with Crippen LogP contribution in [0, 0.1) is 5.92 Å². The summed E-state index contributed by atoms with van der Waals surface area (Å²) in [5.74, 6) is -2.19. The molecule has 196 valence electrons. The number of aromatic nitrogens is 2. The Labute approximate surface area is 222 Å². The predicted molar refractivity (Wildman–Crippen MR) is 144 cm³/mol. The first kappa shape index (κ1) is 26.7. The van der Waals surface area contributed by atoms with Gasteiger partial charge in [0.1, 0.15) is 12.4 Å². The Hall–Kier alpha value is -4.39. The Morgan fingerprint density at radius 3 is 2.11 bits per heavy atom. The van der Waals surface area contributed by atoms with Crippen LogP contribution < -0.4 is 4.74 Å². The van der Waals surface area contributed by atoms with Crippen molar-refractivity contribution >= 4 is 11.9 Å². The minimum Gasteiger partial charge on any atom is -0.489 e. The maximum atomic E-state index is 13.0. The molecule has 0 fully saturated rings. The molecule has 0 saturated carbocycles. The Kier molecular flexibility index (Phi) is 9.29. The second-order valence-electron chi connectivity index (χ2n) is 8.83. The molecule has 0 amide bonds. The maximum Gasteiger partial charge on any atom is 0.321 e. The van der Waals surface area contributed by atoms with Crippen LogP contribution in [0.1, 0.15) is 47.6 Å². The van der Waals surface area contributed by atoms with Crippen LogP contribution in [0.25, 0.3) is 0 Å². The quantitative estimate of drug-likeness (QED) is 0.200. The molecular formula is C31H32N2O5. The molecule has 1 aromatic heterocycles. The molecule has 0 saturated heterocycles. The summed E-state index contributed by atoms with van der Waals surface area (Å²) in [6.45, 7) is 4.27. The molecular weight excluding hydrogens is 480 g/mol. The van der Waals surface area contributed by atoms with Gasteiger partial charge in [0.25, 0.3) is 0 Å². The highest BCUT2D eigenvalue weighted by atomic mass is 16.6. The molecule has 7 heteroatoms. The first-order valence-electron chi connectivity index (χ1n) is 12.8. The van der Waals surface area contributed by atoms with E-state index in [0.29, 0.717) is 18.6 Å². The third-order valence-corrected chi connectivity index (χ3v) is 6.18. The molecule has 38 heavy (non-hydrogen) atoms. The Bertz CT molecular complexity index is 1290. The minimum absolute atomic E-state index is 0.165. The van der Waals surface area contributed by atoms with Crippen LogP contribution >= 0.6 is 0 Å². The summed E-state index contributed by atoms with van der Waals surface area (Å²) < 4.78 is 16.5. The normalized spacial score (nSPS) is 11.7. The monoisotopic (exact) mass is 512 g/mol. The van der Waals surface area contributed by atoms with Crippen LogP contribution in [0.2, 0.25) is 0 Å². The van der Waals surface area contributed by atoms with E-state index in [9.17, 15) is 9.59 Å². The molecule has 0 spiro atoms. The lowest BCUT2D eigenvalue weighted by Crippen LogP contribution is -2.34. The number of nitrogens with zero attached hydrogens (tertiary/aromatic N) is 1. The third kappa shape index (κ3) is 6.88. The Balaban J connectivity index is 1.55. The largest absolute Gasteiger partial charge is 0.489 e. The molecule has 4 rings (SSSR count). The lowest BCUT2D eigenvalue weighted by Gasteiger charge is -2.24. The molecule has 7 nitrogen and oxygen atoms in total. The standard InChI is InChI=1S/C31H32N2O5/c1-3-36-30(34)29(31(35)37-4-2)28(26-19-32-33-20-26)25-12-8-11-24(18-25)17-22-13-15-27(16-14-22)38-21-23-9-6-5-7-10-23/h5-16,18-20,28-29H,3-4,17,21H2,1-2H3,(H,32,33). The number of benzene rings is 3. The van der Waals surface area contributed by atoms with E-state index < -0.39 is 23.8 Å². The van der Waals surface area contributed by atoms with E-state index in [0.717, 1.165) is 28.0 Å². The second-order valence-corrected chi connectivity index (χ2v) is 8.83. The fourth-order valence-electron chi connectivity index (χ4n) is 4.42. The molecule has 1 heterocycles. The van der Waals surface area contributed by atoms with Gasteiger partial charge >= 0.3 is 11.9 Å². The smallest absolute Gasteiger partial charge is 0.321 e. The van der Waals surface area contributed by atoms with Gasteiger partial charge in [-0.25, -0.2) is 0 Å². The van der Waals surface area contributed by atoms with E-state index in [2.05, 4.69) is 10.2 Å². The van der Waals surface area contributed by atoms with E-state index >= 15 is 0 Å². The number of esters is 2. The van der Waals surface area contributed by atoms with Crippen molar-refractivity contribution < 1.29 is 23.8 Å². The van der Waals surface area contributed by atoms with Crippen molar-refractivity contribution in [3.8, 4) is 5.75 Å². The van der Waals surface area contributed by atoms with Crippen molar-refractivity contribution in [3.05, 3.63) is 119 Å². The van der Waals surface area contributed by atoms with Crippen molar-refractivity contribution in [3.63, 3.8) is 0 Å². The number of nitrogens with one attached hydrogen (secondary N) is 1. The summed E-state index contributed by atoms with van der Waals surface area (Å²) in [5, 5.41) is 6.84. The zero-order chi connectivity index (χ0) is 26.7. The number of H-pyrrole nitrogens is 1. The van der Waals surface area contributed by atoms with Gasteiger partial charge in [-0.05, 0) is 60.2 Å². The van der Waals surface area contributed by atoms with Crippen molar-refractivity contribution in [2.45, 2.75) is 32.8 Å². The number of hydrogen-bond acceptors (Lipinski definition) is 6. The predicted octanol–water partition coefficient (Wildman–Crippen LogP) is 5.45. The van der Waals surface area contributed by atoms with Crippen LogP contribution in [0.15, 0.2) is 91.3 Å². The third-order valence-electron chi connectivity index (χ3n) is 6.18. The lowest BCUT2D eigenvalue weighted by molar-refractivity contribution is -0.162. The number of carbonyl (C=O) groups excluding carboxylic acids is 2. The summed E-state index contributed by atoms with van der Waals surface area (Å²) in [5.41, 5.74) is 4.78. The lowest BCUT2D eigenvalue weighted by atomic mass is 9.81. The number of hydrogen-bond donors (Lipinski definition) is 1. The molecule has 0 aliphatic carbocycles. The van der Waals surface area contributed by atoms with Crippen molar-refractivity contribution in [1.82, 2.24) is 10.2 Å². The minimum atomic E-state index is -1.15. The zero-order valence-electron chi connectivity index (χ0n) is 21.6. The molecule has 0 aliphatic rings.